The van der Waals surface area contributed by atoms with Gasteiger partial charge in [0.2, 0.25) is 0 Å². The molecule has 0 unspecified atom stereocenters. The summed E-state index contributed by atoms with van der Waals surface area (Å²) in [6.07, 6.45) is 1.77. The molecule has 0 aromatic heterocycles. The van der Waals surface area contributed by atoms with Crippen LogP contribution in [-0.2, 0) is 9.53 Å². The van der Waals surface area contributed by atoms with E-state index < -0.39 is 6.10 Å². The molecule has 1 amide bonds. The molecule has 19 heavy (non-hydrogen) atoms. The highest BCUT2D eigenvalue weighted by molar-refractivity contribution is 5.80. The lowest BCUT2D eigenvalue weighted by Crippen LogP contribution is -2.40. The molecule has 0 saturated carbocycles. The monoisotopic (exact) mass is 263 g/mol. The van der Waals surface area contributed by atoms with Gasteiger partial charge < -0.3 is 14.8 Å². The summed E-state index contributed by atoms with van der Waals surface area (Å²) >= 11 is 0. The lowest BCUT2D eigenvalue weighted by molar-refractivity contribution is -0.127. The lowest BCUT2D eigenvalue weighted by atomic mass is 10.2. The Balaban J connectivity index is 1.78. The van der Waals surface area contributed by atoms with E-state index in [1.807, 2.05) is 31.2 Å². The maximum Gasteiger partial charge on any atom is 0.260 e. The van der Waals surface area contributed by atoms with E-state index in [4.69, 9.17) is 9.47 Å². The topological polar surface area (TPSA) is 47.6 Å². The van der Waals surface area contributed by atoms with Gasteiger partial charge in [0.15, 0.2) is 6.10 Å². The van der Waals surface area contributed by atoms with Crippen LogP contribution in [0.3, 0.4) is 0 Å². The Bertz CT molecular complexity index is 427. The molecule has 1 heterocycles. The number of aryl methyl sites for hydroxylation is 1. The number of carbonyl (C=O) groups is 1. The van der Waals surface area contributed by atoms with Crippen molar-refractivity contribution in [1.29, 1.82) is 0 Å². The Labute approximate surface area is 114 Å². The fraction of sp³-hybridized carbons (Fsp3) is 0.533. The van der Waals surface area contributed by atoms with E-state index in [9.17, 15) is 4.79 Å². The van der Waals surface area contributed by atoms with Crippen molar-refractivity contribution >= 4 is 5.91 Å². The standard InChI is InChI=1S/C15H21NO3/c1-11-5-3-6-13(9-11)19-12(2)15(17)16-10-14-7-4-8-18-14/h3,5-6,9,12,14H,4,7-8,10H2,1-2H3,(H,16,17)/t12-,14-/m0/s1. The molecule has 0 bridgehead atoms. The summed E-state index contributed by atoms with van der Waals surface area (Å²) in [6.45, 7) is 5.12. The first-order valence-electron chi connectivity index (χ1n) is 6.78. The number of hydrogen-bond acceptors (Lipinski definition) is 3. The third kappa shape index (κ3) is 4.24. The summed E-state index contributed by atoms with van der Waals surface area (Å²) < 4.78 is 11.1. The first kappa shape index (κ1) is 13.9. The van der Waals surface area contributed by atoms with Crippen LogP contribution in [0.2, 0.25) is 0 Å². The van der Waals surface area contributed by atoms with Crippen LogP contribution in [0.15, 0.2) is 24.3 Å². The quantitative estimate of drug-likeness (QED) is 0.884. The zero-order valence-corrected chi connectivity index (χ0v) is 11.5. The molecule has 1 fully saturated rings. The van der Waals surface area contributed by atoms with Crippen LogP contribution >= 0.6 is 0 Å². The summed E-state index contributed by atoms with van der Waals surface area (Å²) in [6, 6.07) is 7.69. The molecule has 2 rings (SSSR count). The Morgan fingerprint density at radius 3 is 3.11 bits per heavy atom. The Hall–Kier alpha value is -1.55. The number of hydrogen-bond donors (Lipinski definition) is 1. The van der Waals surface area contributed by atoms with Crippen molar-refractivity contribution in [2.45, 2.75) is 38.9 Å². The minimum Gasteiger partial charge on any atom is -0.481 e. The average Bonchev–Trinajstić information content (AvgIpc) is 2.89. The van der Waals surface area contributed by atoms with Crippen LogP contribution < -0.4 is 10.1 Å². The molecular formula is C15H21NO3. The molecule has 1 aliphatic rings. The summed E-state index contributed by atoms with van der Waals surface area (Å²) in [5.74, 6) is 0.622. The molecule has 1 aromatic rings. The van der Waals surface area contributed by atoms with E-state index >= 15 is 0 Å². The maximum absolute atomic E-state index is 11.9. The van der Waals surface area contributed by atoms with Gasteiger partial charge in [0.25, 0.3) is 5.91 Å². The predicted molar refractivity (Wildman–Crippen MR) is 73.3 cm³/mol. The molecule has 4 heteroatoms. The maximum atomic E-state index is 11.9. The van der Waals surface area contributed by atoms with Crippen molar-refractivity contribution < 1.29 is 14.3 Å². The Morgan fingerprint density at radius 1 is 1.58 bits per heavy atom. The highest BCUT2D eigenvalue weighted by Gasteiger charge is 2.19. The molecule has 1 aliphatic heterocycles. The average molecular weight is 263 g/mol. The smallest absolute Gasteiger partial charge is 0.260 e. The van der Waals surface area contributed by atoms with Crippen molar-refractivity contribution in [3.63, 3.8) is 0 Å². The highest BCUT2D eigenvalue weighted by Crippen LogP contribution is 2.14. The van der Waals surface area contributed by atoms with E-state index in [-0.39, 0.29) is 12.0 Å². The van der Waals surface area contributed by atoms with E-state index in [2.05, 4.69) is 5.32 Å². The van der Waals surface area contributed by atoms with Gasteiger partial charge in [-0.3, -0.25) is 4.79 Å². The summed E-state index contributed by atoms with van der Waals surface area (Å²) in [5, 5.41) is 2.87. The van der Waals surface area contributed by atoms with Crippen LogP contribution in [0.5, 0.6) is 5.75 Å². The van der Waals surface area contributed by atoms with Crippen LogP contribution in [0.25, 0.3) is 0 Å². The minimum absolute atomic E-state index is 0.1000. The van der Waals surface area contributed by atoms with Gasteiger partial charge in [-0.1, -0.05) is 12.1 Å². The fourth-order valence-corrected chi connectivity index (χ4v) is 2.11. The van der Waals surface area contributed by atoms with Gasteiger partial charge in [-0.15, -0.1) is 0 Å². The molecule has 4 nitrogen and oxygen atoms in total. The lowest BCUT2D eigenvalue weighted by Gasteiger charge is -2.16. The summed E-state index contributed by atoms with van der Waals surface area (Å²) in [4.78, 5) is 11.9. The number of nitrogens with one attached hydrogen (secondary N) is 1. The zero-order valence-electron chi connectivity index (χ0n) is 11.5. The molecule has 0 radical (unpaired) electrons. The molecule has 0 aliphatic carbocycles. The second-order valence-corrected chi connectivity index (χ2v) is 4.96. The molecule has 104 valence electrons. The molecule has 0 spiro atoms. The number of ether oxygens (including phenoxy) is 2. The normalized spacial score (nSPS) is 20.0. The van der Waals surface area contributed by atoms with Crippen molar-refractivity contribution in [1.82, 2.24) is 5.32 Å². The van der Waals surface area contributed by atoms with E-state index in [1.165, 1.54) is 0 Å². The molecule has 1 aromatic carbocycles. The van der Waals surface area contributed by atoms with Gasteiger partial charge >= 0.3 is 0 Å². The Kier molecular flexibility index (Phi) is 4.80. The third-order valence-electron chi connectivity index (χ3n) is 3.20. The predicted octanol–water partition coefficient (Wildman–Crippen LogP) is 2.06. The number of amides is 1. The van der Waals surface area contributed by atoms with Crippen molar-refractivity contribution in [2.75, 3.05) is 13.2 Å². The number of rotatable bonds is 5. The zero-order chi connectivity index (χ0) is 13.7. The van der Waals surface area contributed by atoms with Crippen LogP contribution in [0.4, 0.5) is 0 Å². The van der Waals surface area contributed by atoms with Gasteiger partial charge in [-0.05, 0) is 44.4 Å². The second kappa shape index (κ2) is 6.57. The highest BCUT2D eigenvalue weighted by atomic mass is 16.5. The number of carbonyl (C=O) groups excluding carboxylic acids is 1. The Morgan fingerprint density at radius 2 is 2.42 bits per heavy atom. The molecular weight excluding hydrogens is 242 g/mol. The van der Waals surface area contributed by atoms with Crippen LogP contribution in [-0.4, -0.2) is 31.3 Å². The fourth-order valence-electron chi connectivity index (χ4n) is 2.11. The molecule has 1 saturated heterocycles. The van der Waals surface area contributed by atoms with Gasteiger partial charge in [0.1, 0.15) is 5.75 Å². The van der Waals surface area contributed by atoms with E-state index in [0.717, 1.165) is 30.8 Å². The minimum atomic E-state index is -0.497. The van der Waals surface area contributed by atoms with Crippen LogP contribution in [0, 0.1) is 6.92 Å². The molecule has 1 N–H and O–H groups in total. The number of benzene rings is 1. The second-order valence-electron chi connectivity index (χ2n) is 4.96. The first-order chi connectivity index (χ1) is 9.15. The first-order valence-corrected chi connectivity index (χ1v) is 6.78. The van der Waals surface area contributed by atoms with Gasteiger partial charge in [0.05, 0.1) is 6.10 Å². The third-order valence-corrected chi connectivity index (χ3v) is 3.20. The SMILES string of the molecule is Cc1cccc(O[C@@H](C)C(=O)NC[C@@H]2CCCO2)c1. The summed E-state index contributed by atoms with van der Waals surface area (Å²) in [7, 11) is 0. The van der Waals surface area contributed by atoms with Crippen molar-refractivity contribution in [3.8, 4) is 5.75 Å². The van der Waals surface area contributed by atoms with Gasteiger partial charge in [-0.25, -0.2) is 0 Å². The van der Waals surface area contributed by atoms with Crippen molar-refractivity contribution in [3.05, 3.63) is 29.8 Å². The van der Waals surface area contributed by atoms with Crippen LogP contribution in [0.1, 0.15) is 25.3 Å². The van der Waals surface area contributed by atoms with E-state index in [0.29, 0.717) is 6.54 Å². The molecule has 2 atom stereocenters. The largest absolute Gasteiger partial charge is 0.481 e. The van der Waals surface area contributed by atoms with Crippen molar-refractivity contribution in [2.24, 2.45) is 0 Å². The van der Waals surface area contributed by atoms with Gasteiger partial charge in [-0.2, -0.15) is 0 Å². The van der Waals surface area contributed by atoms with Gasteiger partial charge in [0, 0.05) is 13.2 Å². The van der Waals surface area contributed by atoms with E-state index in [1.54, 1.807) is 6.92 Å². The summed E-state index contributed by atoms with van der Waals surface area (Å²) in [5.41, 5.74) is 1.12.